The van der Waals surface area contributed by atoms with Crippen LogP contribution in [0.4, 0.5) is 0 Å². The van der Waals surface area contributed by atoms with E-state index in [1.165, 1.54) is 65.0 Å². The Hall–Kier alpha value is -7.90. The van der Waals surface area contributed by atoms with Gasteiger partial charge in [0.2, 0.25) is 0 Å². The van der Waals surface area contributed by atoms with E-state index in [0.717, 1.165) is 55.7 Å². The van der Waals surface area contributed by atoms with Crippen molar-refractivity contribution in [3.8, 4) is 0 Å². The molecule has 0 saturated heterocycles. The van der Waals surface area contributed by atoms with Crippen molar-refractivity contribution in [2.45, 2.75) is 52.4 Å². The van der Waals surface area contributed by atoms with Gasteiger partial charge in [0.25, 0.3) is 0 Å². The highest BCUT2D eigenvalue weighted by molar-refractivity contribution is 6.22. The van der Waals surface area contributed by atoms with Gasteiger partial charge in [-0.05, 0) is 134 Å². The largest absolute Gasteiger partial charge is 0.0616 e. The van der Waals surface area contributed by atoms with Crippen LogP contribution in [0.15, 0.2) is 217 Å². The van der Waals surface area contributed by atoms with Crippen LogP contribution < -0.4 is 0 Å². The van der Waals surface area contributed by atoms with Crippen molar-refractivity contribution < 1.29 is 0 Å². The van der Waals surface area contributed by atoms with Crippen LogP contribution >= 0.6 is 0 Å². The summed E-state index contributed by atoms with van der Waals surface area (Å²) in [6.07, 6.45) is 0. The Labute approximate surface area is 388 Å². The summed E-state index contributed by atoms with van der Waals surface area (Å²) < 4.78 is 0. The van der Waals surface area contributed by atoms with Gasteiger partial charge in [0.15, 0.2) is 0 Å². The lowest BCUT2D eigenvalue weighted by Gasteiger charge is -2.23. The van der Waals surface area contributed by atoms with Crippen molar-refractivity contribution in [2.75, 3.05) is 0 Å². The van der Waals surface area contributed by atoms with Crippen LogP contribution in [0.1, 0.15) is 86.1 Å². The Morgan fingerprint density at radius 2 is 0.591 bits per heavy atom. The first-order valence-corrected chi connectivity index (χ1v) is 23.1. The van der Waals surface area contributed by atoms with E-state index in [2.05, 4.69) is 259 Å². The second-order valence-corrected chi connectivity index (χ2v) is 19.9. The van der Waals surface area contributed by atoms with Gasteiger partial charge in [-0.1, -0.05) is 222 Å². The molecule has 0 unspecified atom stereocenters. The number of allylic oxidation sites excluding steroid dienone is 2. The van der Waals surface area contributed by atoms with E-state index >= 15 is 0 Å². The molecule has 314 valence electrons. The van der Waals surface area contributed by atoms with Gasteiger partial charge in [-0.2, -0.15) is 0 Å². The summed E-state index contributed by atoms with van der Waals surface area (Å²) in [5.41, 5.74) is 28.5. The fraction of sp³-hybridized carbons (Fsp3) is 0.121. The zero-order valence-corrected chi connectivity index (χ0v) is 38.5. The SMILES string of the molecule is CC(C)(C)c1cc2c3c(cc(C(C)(C)C)cc3c1)C(=C=C=C(c1ccc3ccccc3c1)c1ccc3ccccc3c1)C2=C=C=C(c1ccc2ccccc2c1)c1ccc2ccccc2c1. The number of hydrogen-bond acceptors (Lipinski definition) is 0. The second kappa shape index (κ2) is 16.0. The molecule has 10 aromatic rings. The van der Waals surface area contributed by atoms with Crippen molar-refractivity contribution in [1.29, 1.82) is 0 Å². The monoisotopic (exact) mass is 842 g/mol. The molecule has 1 aliphatic carbocycles. The fourth-order valence-corrected chi connectivity index (χ4v) is 9.56. The van der Waals surface area contributed by atoms with Crippen LogP contribution in [-0.4, -0.2) is 0 Å². The van der Waals surface area contributed by atoms with Crippen LogP contribution in [0.25, 0.3) is 76.2 Å². The minimum atomic E-state index is -0.0872. The van der Waals surface area contributed by atoms with Crippen LogP contribution in [0.2, 0.25) is 0 Å². The first-order valence-electron chi connectivity index (χ1n) is 23.1. The molecule has 66 heavy (non-hydrogen) atoms. The predicted octanol–water partition coefficient (Wildman–Crippen LogP) is 17.6. The third-order valence-electron chi connectivity index (χ3n) is 13.3. The molecular formula is C66H50. The average molecular weight is 843 g/mol. The third-order valence-corrected chi connectivity index (χ3v) is 13.3. The van der Waals surface area contributed by atoms with Crippen molar-refractivity contribution >= 4 is 76.2 Å². The minimum absolute atomic E-state index is 0.0872. The van der Waals surface area contributed by atoms with Crippen molar-refractivity contribution in [3.05, 3.63) is 262 Å². The third kappa shape index (κ3) is 7.56. The molecule has 0 radical (unpaired) electrons. The van der Waals surface area contributed by atoms with Gasteiger partial charge in [-0.3, -0.25) is 0 Å². The van der Waals surface area contributed by atoms with E-state index in [1.807, 2.05) is 0 Å². The summed E-state index contributed by atoms with van der Waals surface area (Å²) in [7, 11) is 0. The van der Waals surface area contributed by atoms with E-state index in [0.29, 0.717) is 0 Å². The molecule has 0 heteroatoms. The molecule has 0 bridgehead atoms. The molecule has 0 nitrogen and oxygen atoms in total. The van der Waals surface area contributed by atoms with Crippen molar-refractivity contribution in [3.63, 3.8) is 0 Å². The lowest BCUT2D eigenvalue weighted by Crippen LogP contribution is -2.12. The van der Waals surface area contributed by atoms with Crippen LogP contribution in [-0.2, 0) is 10.8 Å². The highest BCUT2D eigenvalue weighted by Crippen LogP contribution is 2.48. The van der Waals surface area contributed by atoms with Gasteiger partial charge in [-0.15, -0.1) is 0 Å². The number of rotatable bonds is 4. The van der Waals surface area contributed by atoms with E-state index < -0.39 is 0 Å². The Morgan fingerprint density at radius 1 is 0.303 bits per heavy atom. The molecule has 1 aliphatic rings. The zero-order chi connectivity index (χ0) is 45.2. The summed E-state index contributed by atoms with van der Waals surface area (Å²) in [4.78, 5) is 0. The Morgan fingerprint density at radius 3 is 0.879 bits per heavy atom. The molecule has 0 heterocycles. The van der Waals surface area contributed by atoms with Crippen molar-refractivity contribution in [2.24, 2.45) is 0 Å². The average Bonchev–Trinajstić information content (AvgIpc) is 3.63. The molecule has 0 aliphatic heterocycles. The quantitative estimate of drug-likeness (QED) is 0.155. The van der Waals surface area contributed by atoms with Gasteiger partial charge in [0.1, 0.15) is 0 Å². The molecule has 0 N–H and O–H groups in total. The summed E-state index contributed by atoms with van der Waals surface area (Å²) >= 11 is 0. The first kappa shape index (κ1) is 40.8. The lowest BCUT2D eigenvalue weighted by molar-refractivity contribution is 0.589. The Bertz CT molecular complexity index is 3450. The number of fused-ring (bicyclic) bond motifs is 4. The smallest absolute Gasteiger partial charge is 0.0491 e. The van der Waals surface area contributed by atoms with Gasteiger partial charge < -0.3 is 0 Å². The van der Waals surface area contributed by atoms with Crippen LogP contribution in [0.3, 0.4) is 0 Å². The Kier molecular flexibility index (Phi) is 9.88. The molecule has 0 aromatic heterocycles. The molecule has 0 amide bonds. The minimum Gasteiger partial charge on any atom is -0.0616 e. The molecule has 0 atom stereocenters. The number of benzene rings is 10. The van der Waals surface area contributed by atoms with Crippen molar-refractivity contribution in [1.82, 2.24) is 0 Å². The van der Waals surface area contributed by atoms with E-state index in [9.17, 15) is 0 Å². The second-order valence-electron chi connectivity index (χ2n) is 19.9. The van der Waals surface area contributed by atoms with Crippen LogP contribution in [0.5, 0.6) is 0 Å². The summed E-state index contributed by atoms with van der Waals surface area (Å²) in [6.45, 7) is 13.8. The standard InChI is InChI=1S/C66H50/c1-65(2,3)56-39-55-40-57(66(4,5)6)42-63-61(34-32-59(53-29-25-45-17-9-13-21-49(45)37-53)54-30-26-46-18-10-14-22-50(46)38-54)60(62(41-56)64(55)63)33-31-58(51-27-23-43-15-7-11-19-47(43)35-51)52-28-24-44-16-8-12-20-48(44)36-52/h7-30,35-42H,1-6H3. The maximum Gasteiger partial charge on any atom is 0.0491 e. The van der Waals surface area contributed by atoms with Gasteiger partial charge in [0.05, 0.1) is 0 Å². The van der Waals surface area contributed by atoms with E-state index in [1.54, 1.807) is 0 Å². The van der Waals surface area contributed by atoms with E-state index in [4.69, 9.17) is 0 Å². The van der Waals surface area contributed by atoms with Gasteiger partial charge in [0, 0.05) is 33.4 Å². The summed E-state index contributed by atoms with van der Waals surface area (Å²) in [5.74, 6) is 0. The first-order chi connectivity index (χ1) is 31.9. The molecule has 0 spiro atoms. The fourth-order valence-electron chi connectivity index (χ4n) is 9.56. The molecule has 11 rings (SSSR count). The number of hydrogen-bond donors (Lipinski definition) is 0. The molecule has 0 fully saturated rings. The molecular weight excluding hydrogens is 793 g/mol. The molecule has 0 saturated carbocycles. The normalized spacial score (nSPS) is 12.4. The zero-order valence-electron chi connectivity index (χ0n) is 38.5. The summed E-state index contributed by atoms with van der Waals surface area (Å²) in [5, 5.41) is 12.0. The van der Waals surface area contributed by atoms with Gasteiger partial charge in [-0.25, -0.2) is 0 Å². The maximum atomic E-state index is 3.90. The van der Waals surface area contributed by atoms with Crippen LogP contribution in [0, 0.1) is 0 Å². The van der Waals surface area contributed by atoms with E-state index in [-0.39, 0.29) is 10.8 Å². The highest BCUT2D eigenvalue weighted by Gasteiger charge is 2.30. The Balaban J connectivity index is 1.29. The molecule has 10 aromatic carbocycles. The maximum absolute atomic E-state index is 3.90. The summed E-state index contributed by atoms with van der Waals surface area (Å²) in [6, 6.07) is 70.8. The highest BCUT2D eigenvalue weighted by atomic mass is 14.3. The predicted molar refractivity (Wildman–Crippen MR) is 283 cm³/mol. The topological polar surface area (TPSA) is 0 Å². The lowest BCUT2D eigenvalue weighted by atomic mass is 9.81. The van der Waals surface area contributed by atoms with Gasteiger partial charge >= 0.3 is 0 Å².